The van der Waals surface area contributed by atoms with E-state index in [1.807, 2.05) is 16.3 Å². The van der Waals surface area contributed by atoms with Gasteiger partial charge in [-0.15, -0.1) is 22.7 Å². The van der Waals surface area contributed by atoms with Crippen LogP contribution in [0.4, 0.5) is 0 Å². The summed E-state index contributed by atoms with van der Waals surface area (Å²) in [6, 6.07) is 12.4. The molecule has 4 nitrogen and oxygen atoms in total. The number of hydrogen-bond acceptors (Lipinski definition) is 5. The van der Waals surface area contributed by atoms with Gasteiger partial charge in [-0.05, 0) is 19.1 Å². The molecule has 1 amide bonds. The van der Waals surface area contributed by atoms with Gasteiger partial charge >= 0.3 is 0 Å². The Morgan fingerprint density at radius 1 is 1.11 bits per heavy atom. The Bertz CT molecular complexity index is 943. The van der Waals surface area contributed by atoms with Crippen LogP contribution in [0.3, 0.4) is 0 Å². The van der Waals surface area contributed by atoms with E-state index < -0.39 is 0 Å². The SMILES string of the molecule is Cc1ccc(-c2nc(CC(=O)N3CCN(Cc4ccc(Cl)s4)CC3)cs2)cc1. The second kappa shape index (κ2) is 8.74. The van der Waals surface area contributed by atoms with Gasteiger partial charge in [-0.1, -0.05) is 41.4 Å². The summed E-state index contributed by atoms with van der Waals surface area (Å²) in [5.41, 5.74) is 3.20. The zero-order valence-corrected chi connectivity index (χ0v) is 18.1. The molecule has 0 bridgehead atoms. The highest BCUT2D eigenvalue weighted by Crippen LogP contribution is 2.25. The van der Waals surface area contributed by atoms with Crippen LogP contribution in [0.25, 0.3) is 10.6 Å². The van der Waals surface area contributed by atoms with Gasteiger partial charge in [0.2, 0.25) is 5.91 Å². The summed E-state index contributed by atoms with van der Waals surface area (Å²) in [5, 5.41) is 2.98. The lowest BCUT2D eigenvalue weighted by atomic mass is 10.2. The molecule has 0 aliphatic carbocycles. The molecular weight excluding hydrogens is 410 g/mol. The van der Waals surface area contributed by atoms with Crippen LogP contribution in [0.1, 0.15) is 16.1 Å². The molecule has 0 spiro atoms. The van der Waals surface area contributed by atoms with Crippen molar-refractivity contribution < 1.29 is 4.79 Å². The number of benzene rings is 1. The molecule has 1 aliphatic heterocycles. The van der Waals surface area contributed by atoms with Gasteiger partial charge in [0, 0.05) is 48.5 Å². The number of piperazine rings is 1. The zero-order chi connectivity index (χ0) is 19.5. The number of carbonyl (C=O) groups excluding carboxylic acids is 1. The lowest BCUT2D eigenvalue weighted by molar-refractivity contribution is -0.132. The quantitative estimate of drug-likeness (QED) is 0.586. The van der Waals surface area contributed by atoms with Crippen molar-refractivity contribution in [2.24, 2.45) is 0 Å². The van der Waals surface area contributed by atoms with E-state index in [2.05, 4.69) is 47.1 Å². The van der Waals surface area contributed by atoms with E-state index in [0.29, 0.717) is 6.42 Å². The lowest BCUT2D eigenvalue weighted by Gasteiger charge is -2.34. The van der Waals surface area contributed by atoms with Crippen LogP contribution < -0.4 is 0 Å². The molecule has 0 N–H and O–H groups in total. The number of aryl methyl sites for hydroxylation is 1. The van der Waals surface area contributed by atoms with Crippen molar-refractivity contribution in [1.82, 2.24) is 14.8 Å². The van der Waals surface area contributed by atoms with Crippen molar-refractivity contribution in [2.45, 2.75) is 19.9 Å². The maximum Gasteiger partial charge on any atom is 0.228 e. The minimum Gasteiger partial charge on any atom is -0.340 e. The molecule has 0 unspecified atom stereocenters. The number of thiophene rings is 1. The third-order valence-electron chi connectivity index (χ3n) is 4.92. The molecule has 146 valence electrons. The number of carbonyl (C=O) groups is 1. The Labute approximate surface area is 178 Å². The van der Waals surface area contributed by atoms with E-state index in [1.165, 1.54) is 10.4 Å². The van der Waals surface area contributed by atoms with Crippen LogP contribution >= 0.6 is 34.3 Å². The van der Waals surface area contributed by atoms with Gasteiger partial charge in [0.05, 0.1) is 16.5 Å². The Morgan fingerprint density at radius 3 is 2.54 bits per heavy atom. The van der Waals surface area contributed by atoms with E-state index in [9.17, 15) is 4.79 Å². The lowest BCUT2D eigenvalue weighted by Crippen LogP contribution is -2.48. The van der Waals surface area contributed by atoms with E-state index >= 15 is 0 Å². The Morgan fingerprint density at radius 2 is 1.86 bits per heavy atom. The summed E-state index contributed by atoms with van der Waals surface area (Å²) in [5.74, 6) is 0.166. The Balaban J connectivity index is 1.29. The van der Waals surface area contributed by atoms with Crippen molar-refractivity contribution >= 4 is 40.2 Å². The first-order valence-electron chi connectivity index (χ1n) is 9.32. The van der Waals surface area contributed by atoms with Crippen molar-refractivity contribution in [2.75, 3.05) is 26.2 Å². The van der Waals surface area contributed by atoms with Gasteiger partial charge in [-0.2, -0.15) is 0 Å². The zero-order valence-electron chi connectivity index (χ0n) is 15.7. The minimum absolute atomic E-state index is 0.166. The average molecular weight is 432 g/mol. The first-order valence-corrected chi connectivity index (χ1v) is 11.4. The van der Waals surface area contributed by atoms with Gasteiger partial charge in [-0.25, -0.2) is 4.98 Å². The molecule has 1 aromatic carbocycles. The van der Waals surface area contributed by atoms with Crippen LogP contribution in [-0.2, 0) is 17.8 Å². The fraction of sp³-hybridized carbons (Fsp3) is 0.333. The van der Waals surface area contributed by atoms with Gasteiger partial charge in [0.1, 0.15) is 5.01 Å². The summed E-state index contributed by atoms with van der Waals surface area (Å²) in [6.45, 7) is 6.32. The van der Waals surface area contributed by atoms with E-state index in [-0.39, 0.29) is 5.91 Å². The van der Waals surface area contributed by atoms with Crippen LogP contribution in [0, 0.1) is 6.92 Å². The highest BCUT2D eigenvalue weighted by atomic mass is 35.5. The molecule has 1 fully saturated rings. The van der Waals surface area contributed by atoms with Crippen LogP contribution in [0.2, 0.25) is 4.34 Å². The fourth-order valence-corrected chi connectivity index (χ4v) is 5.25. The Hall–Kier alpha value is -1.73. The third-order valence-corrected chi connectivity index (χ3v) is 7.07. The smallest absolute Gasteiger partial charge is 0.228 e. The predicted octanol–water partition coefficient (Wildman–Crippen LogP) is 4.72. The summed E-state index contributed by atoms with van der Waals surface area (Å²) < 4.78 is 0.831. The number of rotatable bonds is 5. The first kappa shape index (κ1) is 19.6. The maximum atomic E-state index is 12.7. The number of aromatic nitrogens is 1. The summed E-state index contributed by atoms with van der Waals surface area (Å²) in [6.07, 6.45) is 0.378. The summed E-state index contributed by atoms with van der Waals surface area (Å²) in [7, 11) is 0. The number of hydrogen-bond donors (Lipinski definition) is 0. The highest BCUT2D eigenvalue weighted by Gasteiger charge is 2.22. The predicted molar refractivity (Wildman–Crippen MR) is 117 cm³/mol. The van der Waals surface area contributed by atoms with Gasteiger partial charge in [0.15, 0.2) is 0 Å². The average Bonchev–Trinajstić information content (AvgIpc) is 3.32. The molecule has 1 aliphatic rings. The van der Waals surface area contributed by atoms with Gasteiger partial charge in [-0.3, -0.25) is 9.69 Å². The molecule has 0 radical (unpaired) electrons. The molecule has 0 saturated carbocycles. The molecule has 0 atom stereocenters. The standard InChI is InChI=1S/C21H22ClN3OS2/c1-15-2-4-16(5-3-15)21-23-17(14-27-21)12-20(26)25-10-8-24(9-11-25)13-18-6-7-19(22)28-18/h2-7,14H,8-13H2,1H3. The molecule has 7 heteroatoms. The topological polar surface area (TPSA) is 36.4 Å². The molecular formula is C21H22ClN3OS2. The number of nitrogens with zero attached hydrogens (tertiary/aromatic N) is 3. The summed E-state index contributed by atoms with van der Waals surface area (Å²) in [4.78, 5) is 23.0. The molecule has 1 saturated heterocycles. The summed E-state index contributed by atoms with van der Waals surface area (Å²) >= 11 is 9.24. The first-order chi connectivity index (χ1) is 13.6. The van der Waals surface area contributed by atoms with Crippen molar-refractivity contribution in [1.29, 1.82) is 0 Å². The molecule has 4 rings (SSSR count). The van der Waals surface area contributed by atoms with Crippen molar-refractivity contribution in [3.05, 3.63) is 62.2 Å². The number of amides is 1. The van der Waals surface area contributed by atoms with Gasteiger partial charge < -0.3 is 4.90 Å². The van der Waals surface area contributed by atoms with E-state index in [1.54, 1.807) is 22.7 Å². The monoisotopic (exact) mass is 431 g/mol. The third kappa shape index (κ3) is 4.81. The maximum absolute atomic E-state index is 12.7. The number of halogens is 1. The second-order valence-corrected chi connectivity index (χ2v) is 9.71. The van der Waals surface area contributed by atoms with E-state index in [0.717, 1.165) is 53.3 Å². The molecule has 2 aromatic heterocycles. The number of thiazole rings is 1. The van der Waals surface area contributed by atoms with Crippen molar-refractivity contribution in [3.8, 4) is 10.6 Å². The van der Waals surface area contributed by atoms with Gasteiger partial charge in [0.25, 0.3) is 0 Å². The molecule has 28 heavy (non-hydrogen) atoms. The molecule has 3 heterocycles. The Kier molecular flexibility index (Phi) is 6.11. The van der Waals surface area contributed by atoms with Crippen LogP contribution in [0.5, 0.6) is 0 Å². The normalized spacial score (nSPS) is 15.1. The van der Waals surface area contributed by atoms with E-state index in [4.69, 9.17) is 11.6 Å². The van der Waals surface area contributed by atoms with Crippen LogP contribution in [-0.4, -0.2) is 46.9 Å². The minimum atomic E-state index is 0.166. The van der Waals surface area contributed by atoms with Crippen molar-refractivity contribution in [3.63, 3.8) is 0 Å². The molecule has 3 aromatic rings. The second-order valence-electron chi connectivity index (χ2n) is 7.05. The largest absolute Gasteiger partial charge is 0.340 e. The van der Waals surface area contributed by atoms with Crippen LogP contribution in [0.15, 0.2) is 41.8 Å². The fourth-order valence-electron chi connectivity index (χ4n) is 3.30. The highest BCUT2D eigenvalue weighted by molar-refractivity contribution is 7.16.